The SMILES string of the molecule is COC(=O)NC(=NCC(Nc1ccccc1)c1ccccc1)NC(=O)OC. The quantitative estimate of drug-likeness (QED) is 0.555. The van der Waals surface area contributed by atoms with Crippen molar-refractivity contribution in [2.45, 2.75) is 6.04 Å². The van der Waals surface area contributed by atoms with E-state index in [0.717, 1.165) is 11.3 Å². The van der Waals surface area contributed by atoms with E-state index in [1.807, 2.05) is 60.7 Å². The molecular weight excluding hydrogens is 348 g/mol. The lowest BCUT2D eigenvalue weighted by Gasteiger charge is -2.19. The summed E-state index contributed by atoms with van der Waals surface area (Å²) in [5.41, 5.74) is 1.92. The maximum Gasteiger partial charge on any atom is 0.413 e. The Balaban J connectivity index is 2.21. The number of hydrogen-bond acceptors (Lipinski definition) is 6. The molecule has 1 unspecified atom stereocenters. The van der Waals surface area contributed by atoms with E-state index in [4.69, 9.17) is 0 Å². The number of rotatable bonds is 5. The Kier molecular flexibility index (Phi) is 7.65. The van der Waals surface area contributed by atoms with Gasteiger partial charge in [-0.05, 0) is 17.7 Å². The van der Waals surface area contributed by atoms with Gasteiger partial charge in [-0.15, -0.1) is 0 Å². The fourth-order valence-corrected chi connectivity index (χ4v) is 2.24. The summed E-state index contributed by atoms with van der Waals surface area (Å²) in [6.07, 6.45) is -1.50. The van der Waals surface area contributed by atoms with Gasteiger partial charge in [0.1, 0.15) is 0 Å². The number of anilines is 1. The van der Waals surface area contributed by atoms with Crippen molar-refractivity contribution in [3.63, 3.8) is 0 Å². The van der Waals surface area contributed by atoms with E-state index in [9.17, 15) is 9.59 Å². The normalized spacial score (nSPS) is 10.9. The molecule has 2 amide bonds. The van der Waals surface area contributed by atoms with Gasteiger partial charge in [0.2, 0.25) is 5.96 Å². The number of guanidine groups is 1. The monoisotopic (exact) mass is 370 g/mol. The summed E-state index contributed by atoms with van der Waals surface area (Å²) in [6.45, 7) is 0.238. The zero-order valence-electron chi connectivity index (χ0n) is 15.1. The van der Waals surface area contributed by atoms with Crippen molar-refractivity contribution in [1.82, 2.24) is 10.6 Å². The number of nitrogens with zero attached hydrogens (tertiary/aromatic N) is 1. The van der Waals surface area contributed by atoms with Gasteiger partial charge in [-0.2, -0.15) is 0 Å². The Morgan fingerprint density at radius 1 is 0.889 bits per heavy atom. The van der Waals surface area contributed by atoms with Crippen molar-refractivity contribution in [1.29, 1.82) is 0 Å². The minimum absolute atomic E-state index is 0.0653. The lowest BCUT2D eigenvalue weighted by molar-refractivity contribution is 0.173. The van der Waals surface area contributed by atoms with Crippen molar-refractivity contribution < 1.29 is 19.1 Å². The Morgan fingerprint density at radius 2 is 1.41 bits per heavy atom. The number of benzene rings is 2. The molecule has 8 heteroatoms. The molecular formula is C19H22N4O4. The molecule has 0 aliphatic carbocycles. The third kappa shape index (κ3) is 6.69. The molecule has 0 aliphatic rings. The van der Waals surface area contributed by atoms with Gasteiger partial charge in [0.25, 0.3) is 0 Å². The van der Waals surface area contributed by atoms with Crippen LogP contribution < -0.4 is 16.0 Å². The van der Waals surface area contributed by atoms with E-state index in [1.165, 1.54) is 14.2 Å². The van der Waals surface area contributed by atoms with E-state index >= 15 is 0 Å². The van der Waals surface area contributed by atoms with Gasteiger partial charge in [-0.3, -0.25) is 10.6 Å². The van der Waals surface area contributed by atoms with Gasteiger partial charge in [-0.1, -0.05) is 48.5 Å². The molecule has 0 radical (unpaired) electrons. The molecule has 0 bridgehead atoms. The summed E-state index contributed by atoms with van der Waals surface area (Å²) in [6, 6.07) is 19.2. The zero-order chi connectivity index (χ0) is 19.5. The number of methoxy groups -OCH3 is 2. The van der Waals surface area contributed by atoms with Crippen LogP contribution in [0, 0.1) is 0 Å². The highest BCUT2D eigenvalue weighted by Crippen LogP contribution is 2.19. The molecule has 27 heavy (non-hydrogen) atoms. The molecule has 2 rings (SSSR count). The summed E-state index contributed by atoms with van der Waals surface area (Å²) in [5.74, 6) is -0.0653. The molecule has 0 aliphatic heterocycles. The fraction of sp³-hybridized carbons (Fsp3) is 0.211. The van der Waals surface area contributed by atoms with Crippen LogP contribution in [0.1, 0.15) is 11.6 Å². The van der Waals surface area contributed by atoms with Crippen LogP contribution >= 0.6 is 0 Å². The third-order valence-electron chi connectivity index (χ3n) is 3.56. The van der Waals surface area contributed by atoms with Crippen LogP contribution in [0.3, 0.4) is 0 Å². The maximum atomic E-state index is 11.5. The van der Waals surface area contributed by atoms with Crippen LogP contribution in [0.15, 0.2) is 65.7 Å². The van der Waals surface area contributed by atoms with Crippen molar-refractivity contribution in [2.24, 2.45) is 4.99 Å². The molecule has 142 valence electrons. The van der Waals surface area contributed by atoms with Gasteiger partial charge >= 0.3 is 12.2 Å². The topological polar surface area (TPSA) is 101 Å². The number of aliphatic imine (C=N–C) groups is 1. The van der Waals surface area contributed by atoms with E-state index in [2.05, 4.69) is 30.4 Å². The first-order valence-corrected chi connectivity index (χ1v) is 8.23. The van der Waals surface area contributed by atoms with Crippen molar-refractivity contribution in [3.05, 3.63) is 66.2 Å². The Bertz CT molecular complexity index is 746. The molecule has 0 heterocycles. The summed E-state index contributed by atoms with van der Waals surface area (Å²) in [7, 11) is 2.43. The predicted molar refractivity (Wildman–Crippen MR) is 103 cm³/mol. The van der Waals surface area contributed by atoms with E-state index in [1.54, 1.807) is 0 Å². The molecule has 2 aromatic rings. The average Bonchev–Trinajstić information content (AvgIpc) is 2.72. The summed E-state index contributed by atoms with van der Waals surface area (Å²) < 4.78 is 9.09. The molecule has 0 saturated carbocycles. The third-order valence-corrected chi connectivity index (χ3v) is 3.56. The standard InChI is InChI=1S/C19H22N4O4/c1-26-18(24)22-17(23-19(25)27-2)20-13-16(14-9-5-3-6-10-14)21-15-11-7-4-8-12-15/h3-12,16,21H,13H2,1-2H3,(H2,20,22,23,24,25). The fourth-order valence-electron chi connectivity index (χ4n) is 2.24. The van der Waals surface area contributed by atoms with Crippen LogP contribution in [-0.2, 0) is 9.47 Å². The minimum Gasteiger partial charge on any atom is -0.453 e. The van der Waals surface area contributed by atoms with E-state index < -0.39 is 12.2 Å². The molecule has 3 N–H and O–H groups in total. The van der Waals surface area contributed by atoms with Gasteiger partial charge in [-0.25, -0.2) is 14.6 Å². The Hall–Kier alpha value is -3.55. The van der Waals surface area contributed by atoms with Gasteiger partial charge < -0.3 is 14.8 Å². The minimum atomic E-state index is -0.752. The summed E-state index contributed by atoms with van der Waals surface area (Å²) in [4.78, 5) is 27.3. The van der Waals surface area contributed by atoms with Crippen molar-refractivity contribution in [3.8, 4) is 0 Å². The average molecular weight is 370 g/mol. The lowest BCUT2D eigenvalue weighted by atomic mass is 10.1. The van der Waals surface area contributed by atoms with Crippen LogP contribution in [0.2, 0.25) is 0 Å². The molecule has 0 aromatic heterocycles. The molecule has 2 aromatic carbocycles. The van der Waals surface area contributed by atoms with Gasteiger partial charge in [0.05, 0.1) is 26.8 Å². The number of alkyl carbamates (subject to hydrolysis) is 2. The Morgan fingerprint density at radius 3 is 1.93 bits per heavy atom. The molecule has 1 atom stereocenters. The highest BCUT2D eigenvalue weighted by Gasteiger charge is 2.14. The van der Waals surface area contributed by atoms with Crippen molar-refractivity contribution >= 4 is 23.8 Å². The van der Waals surface area contributed by atoms with E-state index in [-0.39, 0.29) is 18.5 Å². The first-order chi connectivity index (χ1) is 13.1. The largest absolute Gasteiger partial charge is 0.453 e. The number of ether oxygens (including phenoxy) is 2. The number of carbonyl (C=O) groups excluding carboxylic acids is 2. The summed E-state index contributed by atoms with van der Waals surface area (Å²) >= 11 is 0. The lowest BCUT2D eigenvalue weighted by Crippen LogP contribution is -2.44. The highest BCUT2D eigenvalue weighted by molar-refractivity contribution is 6.01. The van der Waals surface area contributed by atoms with E-state index in [0.29, 0.717) is 0 Å². The van der Waals surface area contributed by atoms with Crippen LogP contribution in [0.4, 0.5) is 15.3 Å². The second-order valence-electron chi connectivity index (χ2n) is 5.40. The number of nitrogens with one attached hydrogen (secondary N) is 3. The predicted octanol–water partition coefficient (Wildman–Crippen LogP) is 2.91. The smallest absolute Gasteiger partial charge is 0.413 e. The van der Waals surface area contributed by atoms with Crippen LogP contribution in [-0.4, -0.2) is 38.9 Å². The van der Waals surface area contributed by atoms with Crippen LogP contribution in [0.25, 0.3) is 0 Å². The number of para-hydroxylation sites is 1. The molecule has 0 saturated heterocycles. The van der Waals surface area contributed by atoms with Crippen molar-refractivity contribution in [2.75, 3.05) is 26.1 Å². The number of hydrogen-bond donors (Lipinski definition) is 3. The second-order valence-corrected chi connectivity index (χ2v) is 5.40. The van der Waals surface area contributed by atoms with Gasteiger partial charge in [0, 0.05) is 5.69 Å². The first-order valence-electron chi connectivity index (χ1n) is 8.23. The van der Waals surface area contributed by atoms with Gasteiger partial charge in [0.15, 0.2) is 0 Å². The first kappa shape index (κ1) is 19.8. The summed E-state index contributed by atoms with van der Waals surface area (Å²) in [5, 5.41) is 8.09. The Labute approximate surface area is 157 Å². The molecule has 0 spiro atoms. The second kappa shape index (κ2) is 10.4. The maximum absolute atomic E-state index is 11.5. The highest BCUT2D eigenvalue weighted by atomic mass is 16.5. The number of carbonyl (C=O) groups is 2. The number of amides is 2. The molecule has 0 fully saturated rings. The zero-order valence-corrected chi connectivity index (χ0v) is 15.1. The molecule has 8 nitrogen and oxygen atoms in total. The van der Waals surface area contributed by atoms with Crippen LogP contribution in [0.5, 0.6) is 0 Å².